The highest BCUT2D eigenvalue weighted by Crippen LogP contribution is 2.20. The predicted molar refractivity (Wildman–Crippen MR) is 85.4 cm³/mol. The van der Waals surface area contributed by atoms with E-state index >= 15 is 0 Å². The van der Waals surface area contributed by atoms with Crippen molar-refractivity contribution in [2.75, 3.05) is 32.8 Å². The number of aromatic nitrogens is 1. The number of hydrogen-bond donors (Lipinski definition) is 1. The standard InChI is InChI=1S/C17H21N3O2/c1-13-10-14(15-4-2-3-5-16(15)18-13)11-19-6-8-20(9-7-19)17(22)12-21/h2-5,10,21H,6-9,11-12H2,1H3. The van der Waals surface area contributed by atoms with E-state index < -0.39 is 6.61 Å². The molecule has 5 heteroatoms. The molecule has 3 rings (SSSR count). The fourth-order valence-electron chi connectivity index (χ4n) is 3.02. The van der Waals surface area contributed by atoms with Crippen LogP contribution >= 0.6 is 0 Å². The number of pyridine rings is 1. The Morgan fingerprint density at radius 2 is 1.95 bits per heavy atom. The number of nitrogens with zero attached hydrogens (tertiary/aromatic N) is 3. The molecule has 1 fully saturated rings. The van der Waals surface area contributed by atoms with Gasteiger partial charge in [-0.1, -0.05) is 18.2 Å². The second-order valence-corrected chi connectivity index (χ2v) is 5.75. The highest BCUT2D eigenvalue weighted by Gasteiger charge is 2.20. The maximum Gasteiger partial charge on any atom is 0.248 e. The first-order chi connectivity index (χ1) is 10.7. The van der Waals surface area contributed by atoms with Crippen molar-refractivity contribution in [1.29, 1.82) is 0 Å². The van der Waals surface area contributed by atoms with Crippen molar-refractivity contribution in [3.63, 3.8) is 0 Å². The zero-order valence-electron chi connectivity index (χ0n) is 12.8. The van der Waals surface area contributed by atoms with Crippen LogP contribution in [0.5, 0.6) is 0 Å². The molecule has 0 atom stereocenters. The summed E-state index contributed by atoms with van der Waals surface area (Å²) in [4.78, 5) is 20.2. The molecule has 22 heavy (non-hydrogen) atoms. The number of piperazine rings is 1. The van der Waals surface area contributed by atoms with Gasteiger partial charge in [0.1, 0.15) is 6.61 Å². The maximum absolute atomic E-state index is 11.5. The second kappa shape index (κ2) is 6.42. The Labute approximate surface area is 130 Å². The smallest absolute Gasteiger partial charge is 0.248 e. The number of rotatable bonds is 3. The summed E-state index contributed by atoms with van der Waals surface area (Å²) in [5.74, 6) is -0.176. The summed E-state index contributed by atoms with van der Waals surface area (Å²) in [5, 5.41) is 10.1. The highest BCUT2D eigenvalue weighted by atomic mass is 16.3. The van der Waals surface area contributed by atoms with Crippen LogP contribution in [0.3, 0.4) is 0 Å². The van der Waals surface area contributed by atoms with E-state index in [1.165, 1.54) is 10.9 Å². The lowest BCUT2D eigenvalue weighted by atomic mass is 10.1. The van der Waals surface area contributed by atoms with Crippen molar-refractivity contribution in [1.82, 2.24) is 14.8 Å². The van der Waals surface area contributed by atoms with Crippen LogP contribution in [-0.4, -0.2) is 58.6 Å². The van der Waals surface area contributed by atoms with Crippen molar-refractivity contribution in [2.45, 2.75) is 13.5 Å². The first kappa shape index (κ1) is 14.9. The van der Waals surface area contributed by atoms with E-state index in [1.54, 1.807) is 4.90 Å². The van der Waals surface area contributed by atoms with Crippen molar-refractivity contribution < 1.29 is 9.90 Å². The largest absolute Gasteiger partial charge is 0.387 e. The lowest BCUT2D eigenvalue weighted by molar-refractivity contribution is -0.135. The molecule has 0 spiro atoms. The SMILES string of the molecule is Cc1cc(CN2CCN(C(=O)CO)CC2)c2ccccc2n1. The summed E-state index contributed by atoms with van der Waals surface area (Å²) >= 11 is 0. The minimum atomic E-state index is -0.395. The molecule has 2 aromatic rings. The molecular formula is C17H21N3O2. The van der Waals surface area contributed by atoms with E-state index in [9.17, 15) is 4.79 Å². The van der Waals surface area contributed by atoms with Crippen LogP contribution in [0, 0.1) is 6.92 Å². The van der Waals surface area contributed by atoms with Crippen LogP contribution in [0.25, 0.3) is 10.9 Å². The average Bonchev–Trinajstić information content (AvgIpc) is 2.54. The summed E-state index contributed by atoms with van der Waals surface area (Å²) in [6.07, 6.45) is 0. The van der Waals surface area contributed by atoms with Gasteiger partial charge in [0.2, 0.25) is 5.91 Å². The van der Waals surface area contributed by atoms with Crippen molar-refractivity contribution in [2.24, 2.45) is 0 Å². The Morgan fingerprint density at radius 3 is 2.68 bits per heavy atom. The van der Waals surface area contributed by atoms with E-state index in [0.717, 1.165) is 30.8 Å². The molecule has 1 amide bonds. The van der Waals surface area contributed by atoms with Crippen LogP contribution in [-0.2, 0) is 11.3 Å². The normalized spacial score (nSPS) is 16.2. The number of aryl methyl sites for hydroxylation is 1. The fourth-order valence-corrected chi connectivity index (χ4v) is 3.02. The maximum atomic E-state index is 11.5. The third-order valence-electron chi connectivity index (χ3n) is 4.18. The summed E-state index contributed by atoms with van der Waals surface area (Å²) < 4.78 is 0. The molecule has 1 aromatic heterocycles. The molecule has 0 unspecified atom stereocenters. The van der Waals surface area contributed by atoms with Gasteiger partial charge in [0.15, 0.2) is 0 Å². The number of amides is 1. The quantitative estimate of drug-likeness (QED) is 0.924. The number of carbonyl (C=O) groups excluding carboxylic acids is 1. The van der Waals surface area contributed by atoms with E-state index in [1.807, 2.05) is 25.1 Å². The van der Waals surface area contributed by atoms with Gasteiger partial charge in [-0.2, -0.15) is 0 Å². The molecule has 1 aliphatic heterocycles. The summed E-state index contributed by atoms with van der Waals surface area (Å²) in [7, 11) is 0. The van der Waals surface area contributed by atoms with Gasteiger partial charge in [-0.15, -0.1) is 0 Å². The van der Waals surface area contributed by atoms with Crippen LogP contribution in [0.1, 0.15) is 11.3 Å². The molecule has 1 N–H and O–H groups in total. The highest BCUT2D eigenvalue weighted by molar-refractivity contribution is 5.82. The number of aliphatic hydroxyl groups is 1. The van der Waals surface area contributed by atoms with Crippen LogP contribution < -0.4 is 0 Å². The Morgan fingerprint density at radius 1 is 1.23 bits per heavy atom. The summed E-state index contributed by atoms with van der Waals surface area (Å²) in [6, 6.07) is 10.4. The molecule has 0 bridgehead atoms. The molecule has 1 aromatic carbocycles. The average molecular weight is 299 g/mol. The zero-order valence-corrected chi connectivity index (χ0v) is 12.8. The van der Waals surface area contributed by atoms with Gasteiger partial charge in [-0.25, -0.2) is 0 Å². The number of carbonyl (C=O) groups is 1. The monoisotopic (exact) mass is 299 g/mol. The number of para-hydroxylation sites is 1. The molecule has 2 heterocycles. The van der Waals surface area contributed by atoms with Crippen molar-refractivity contribution >= 4 is 16.8 Å². The lowest BCUT2D eigenvalue weighted by Crippen LogP contribution is -2.49. The number of benzene rings is 1. The first-order valence-corrected chi connectivity index (χ1v) is 7.63. The van der Waals surface area contributed by atoms with Gasteiger partial charge in [-0.3, -0.25) is 14.7 Å². The van der Waals surface area contributed by atoms with Gasteiger partial charge >= 0.3 is 0 Å². The second-order valence-electron chi connectivity index (χ2n) is 5.75. The molecule has 1 saturated heterocycles. The lowest BCUT2D eigenvalue weighted by Gasteiger charge is -2.34. The van der Waals surface area contributed by atoms with Crippen LogP contribution in [0.2, 0.25) is 0 Å². The molecule has 0 aliphatic carbocycles. The van der Waals surface area contributed by atoms with E-state index in [-0.39, 0.29) is 5.91 Å². The third kappa shape index (κ3) is 3.10. The minimum Gasteiger partial charge on any atom is -0.387 e. The fraction of sp³-hybridized carbons (Fsp3) is 0.412. The predicted octanol–water partition coefficient (Wildman–Crippen LogP) is 1.18. The van der Waals surface area contributed by atoms with Gasteiger partial charge in [0.05, 0.1) is 5.52 Å². The van der Waals surface area contributed by atoms with Gasteiger partial charge in [-0.05, 0) is 24.6 Å². The Hall–Kier alpha value is -1.98. The number of hydrogen-bond acceptors (Lipinski definition) is 4. The molecule has 1 aliphatic rings. The molecule has 0 saturated carbocycles. The molecule has 0 radical (unpaired) electrons. The molecular weight excluding hydrogens is 278 g/mol. The Kier molecular flexibility index (Phi) is 4.36. The van der Waals surface area contributed by atoms with E-state index in [0.29, 0.717) is 13.1 Å². The van der Waals surface area contributed by atoms with Gasteiger partial charge in [0.25, 0.3) is 0 Å². The number of aliphatic hydroxyl groups excluding tert-OH is 1. The zero-order chi connectivity index (χ0) is 15.5. The summed E-state index contributed by atoms with van der Waals surface area (Å²) in [6.45, 7) is 5.53. The van der Waals surface area contributed by atoms with Crippen LogP contribution in [0.4, 0.5) is 0 Å². The van der Waals surface area contributed by atoms with Crippen LogP contribution in [0.15, 0.2) is 30.3 Å². The van der Waals surface area contributed by atoms with Crippen molar-refractivity contribution in [3.05, 3.63) is 41.6 Å². The Balaban J connectivity index is 1.73. The first-order valence-electron chi connectivity index (χ1n) is 7.63. The minimum absolute atomic E-state index is 0.176. The summed E-state index contributed by atoms with van der Waals surface area (Å²) in [5.41, 5.74) is 3.35. The Bertz CT molecular complexity index is 679. The van der Waals surface area contributed by atoms with Gasteiger partial charge < -0.3 is 10.0 Å². The van der Waals surface area contributed by atoms with Crippen molar-refractivity contribution in [3.8, 4) is 0 Å². The van der Waals surface area contributed by atoms with E-state index in [4.69, 9.17) is 5.11 Å². The topological polar surface area (TPSA) is 56.7 Å². The van der Waals surface area contributed by atoms with Gasteiger partial charge in [0, 0.05) is 43.8 Å². The molecule has 5 nitrogen and oxygen atoms in total. The third-order valence-corrected chi connectivity index (χ3v) is 4.18. The van der Waals surface area contributed by atoms with E-state index in [2.05, 4.69) is 22.0 Å². The number of fused-ring (bicyclic) bond motifs is 1. The molecule has 116 valence electrons.